The van der Waals surface area contributed by atoms with Crippen molar-refractivity contribution < 1.29 is 27.4 Å². The molecule has 1 spiro atoms. The lowest BCUT2D eigenvalue weighted by molar-refractivity contribution is -0.273. The van der Waals surface area contributed by atoms with E-state index in [9.17, 15) is 13.2 Å². The molecule has 3 heterocycles. The summed E-state index contributed by atoms with van der Waals surface area (Å²) in [5, 5.41) is 0. The van der Waals surface area contributed by atoms with Crippen molar-refractivity contribution in [1.82, 2.24) is 9.21 Å². The fourth-order valence-electron chi connectivity index (χ4n) is 12.5. The lowest BCUT2D eigenvalue weighted by Gasteiger charge is -2.61. The summed E-state index contributed by atoms with van der Waals surface area (Å²) in [6.45, 7) is 14.0. The van der Waals surface area contributed by atoms with Gasteiger partial charge in [0.2, 0.25) is 10.0 Å². The van der Waals surface area contributed by atoms with Crippen molar-refractivity contribution >= 4 is 16.1 Å². The molecule has 48 heavy (non-hydrogen) atoms. The number of hydrogen-bond acceptors (Lipinski definition) is 6. The van der Waals surface area contributed by atoms with E-state index in [0.717, 1.165) is 55.6 Å². The van der Waals surface area contributed by atoms with Gasteiger partial charge in [-0.1, -0.05) is 45.4 Å². The number of amides is 1. The molecule has 9 heteroatoms. The Labute approximate surface area is 288 Å². The fourth-order valence-corrected chi connectivity index (χ4v) is 14.0. The third kappa shape index (κ3) is 5.21. The largest absolute Gasteiger partial charge is 0.446 e. The number of ether oxygens (including phenoxy) is 3. The average molecular weight is 683 g/mol. The molecule has 1 aromatic rings. The molecule has 3 aliphatic heterocycles. The fraction of sp³-hybridized carbons (Fsp3) is 0.821. The molecule has 3 saturated heterocycles. The number of aryl methyl sites for hydroxylation is 1. The quantitative estimate of drug-likeness (QED) is 0.334. The SMILES string of the molecule is Cc1ccc(S(=O)(=O)N2CCN(C(=O)O[C@H]3CC[C@@]4(C)[C@H](CC[C@@H]5[C@@H]4CC[C@]4(C)[C@@H]6[C@H](C[C@@H]54)O[C@]4(CC[C@H](C)CO4)[C@H]6C)C3)CC2)cc1. The van der Waals surface area contributed by atoms with E-state index >= 15 is 0 Å². The van der Waals surface area contributed by atoms with Crippen molar-refractivity contribution in [2.24, 2.45) is 52.3 Å². The predicted octanol–water partition coefficient (Wildman–Crippen LogP) is 7.25. The molecule has 12 atom stereocenters. The Morgan fingerprint density at radius 3 is 2.31 bits per heavy atom. The number of carbonyl (C=O) groups excluding carboxylic acids is 1. The Kier molecular flexibility index (Phi) is 8.33. The molecule has 7 fully saturated rings. The van der Waals surface area contributed by atoms with Gasteiger partial charge >= 0.3 is 6.09 Å². The highest BCUT2D eigenvalue weighted by Gasteiger charge is 2.69. The predicted molar refractivity (Wildman–Crippen MR) is 183 cm³/mol. The molecule has 7 aliphatic rings. The van der Waals surface area contributed by atoms with E-state index in [1.54, 1.807) is 17.0 Å². The van der Waals surface area contributed by atoms with Crippen molar-refractivity contribution in [2.45, 2.75) is 122 Å². The topological polar surface area (TPSA) is 85.4 Å². The van der Waals surface area contributed by atoms with Crippen molar-refractivity contribution in [3.8, 4) is 0 Å². The number of fused-ring (bicyclic) bond motifs is 7. The van der Waals surface area contributed by atoms with Crippen LogP contribution in [0.2, 0.25) is 0 Å². The molecule has 0 unspecified atom stereocenters. The average Bonchev–Trinajstić information content (AvgIpc) is 3.52. The molecule has 1 amide bonds. The van der Waals surface area contributed by atoms with Crippen LogP contribution in [0, 0.1) is 59.2 Å². The lowest BCUT2D eigenvalue weighted by atomic mass is 9.44. The number of hydrogen-bond donors (Lipinski definition) is 0. The minimum absolute atomic E-state index is 0.0511. The highest BCUT2D eigenvalue weighted by atomic mass is 32.2. The number of carbonyl (C=O) groups is 1. The molecule has 4 saturated carbocycles. The van der Waals surface area contributed by atoms with Gasteiger partial charge in [-0.25, -0.2) is 13.2 Å². The van der Waals surface area contributed by atoms with Crippen LogP contribution in [0.3, 0.4) is 0 Å². The molecule has 4 aliphatic carbocycles. The second-order valence-corrected chi connectivity index (χ2v) is 19.6. The maximum atomic E-state index is 13.3. The molecule has 266 valence electrons. The van der Waals surface area contributed by atoms with E-state index in [1.165, 1.54) is 42.8 Å². The molecule has 0 radical (unpaired) electrons. The molecule has 8 rings (SSSR count). The maximum absolute atomic E-state index is 13.3. The molecule has 8 nitrogen and oxygen atoms in total. The summed E-state index contributed by atoms with van der Waals surface area (Å²) in [4.78, 5) is 15.3. The summed E-state index contributed by atoms with van der Waals surface area (Å²) in [6, 6.07) is 6.97. The minimum atomic E-state index is -3.57. The van der Waals surface area contributed by atoms with Crippen LogP contribution >= 0.6 is 0 Å². The molecule has 1 aromatic carbocycles. The van der Waals surface area contributed by atoms with Gasteiger partial charge in [0, 0.05) is 38.5 Å². The van der Waals surface area contributed by atoms with Gasteiger partial charge in [-0.05, 0) is 123 Å². The second-order valence-electron chi connectivity index (χ2n) is 17.7. The van der Waals surface area contributed by atoms with E-state index in [2.05, 4.69) is 27.7 Å². The number of benzene rings is 1. The van der Waals surface area contributed by atoms with Gasteiger partial charge in [0.25, 0.3) is 0 Å². The van der Waals surface area contributed by atoms with Crippen molar-refractivity contribution in [2.75, 3.05) is 32.8 Å². The van der Waals surface area contributed by atoms with Crippen LogP contribution in [0.25, 0.3) is 0 Å². The Bertz CT molecular complexity index is 1480. The highest BCUT2D eigenvalue weighted by molar-refractivity contribution is 7.89. The van der Waals surface area contributed by atoms with Crippen LogP contribution in [0.4, 0.5) is 4.79 Å². The number of nitrogens with zero attached hydrogens (tertiary/aromatic N) is 2. The summed E-state index contributed by atoms with van der Waals surface area (Å²) in [5.41, 5.74) is 1.66. The lowest BCUT2D eigenvalue weighted by Crippen LogP contribution is -2.55. The van der Waals surface area contributed by atoms with Gasteiger partial charge < -0.3 is 19.1 Å². The first-order valence-corrected chi connectivity index (χ1v) is 20.6. The van der Waals surface area contributed by atoms with Crippen LogP contribution in [0.15, 0.2) is 29.2 Å². The van der Waals surface area contributed by atoms with Gasteiger partial charge in [-0.3, -0.25) is 0 Å². The van der Waals surface area contributed by atoms with Crippen LogP contribution in [0.1, 0.15) is 97.5 Å². The standard InChI is InChI=1S/C39H58N2O6S/c1-25-6-9-30(10-7-25)48(43,44)41-20-18-40(19-21-41)36(42)46-29-13-15-37(4)28(22-29)8-11-31-32(37)14-16-38(5)33(31)23-34-35(38)27(3)39(47-34)17-12-26(2)24-45-39/h6-7,9-10,26-29,31-35H,8,11-24H2,1-5H3/t26-,27-,28+,29-,31+,32-,33-,34-,35-,37-,38-,39+/m0/s1. The Morgan fingerprint density at radius 2 is 1.60 bits per heavy atom. The van der Waals surface area contributed by atoms with Crippen molar-refractivity contribution in [3.05, 3.63) is 29.8 Å². The Morgan fingerprint density at radius 1 is 0.875 bits per heavy atom. The van der Waals surface area contributed by atoms with Crippen LogP contribution in [0.5, 0.6) is 0 Å². The molecular weight excluding hydrogens is 625 g/mol. The summed E-state index contributed by atoms with van der Waals surface area (Å²) in [7, 11) is -3.57. The van der Waals surface area contributed by atoms with E-state index in [-0.39, 0.29) is 18.0 Å². The first kappa shape index (κ1) is 33.5. The molecular formula is C39H58N2O6S. The third-order valence-electron chi connectivity index (χ3n) is 15.3. The minimum Gasteiger partial charge on any atom is -0.446 e. The van der Waals surface area contributed by atoms with Crippen LogP contribution in [-0.2, 0) is 24.2 Å². The number of sulfonamides is 1. The van der Waals surface area contributed by atoms with Crippen molar-refractivity contribution in [3.63, 3.8) is 0 Å². The molecule has 0 bridgehead atoms. The normalized spacial score (nSPS) is 46.0. The van der Waals surface area contributed by atoms with E-state index in [0.29, 0.717) is 71.7 Å². The highest BCUT2D eigenvalue weighted by Crippen LogP contribution is 2.71. The first-order valence-electron chi connectivity index (χ1n) is 19.2. The van der Waals surface area contributed by atoms with E-state index in [4.69, 9.17) is 14.2 Å². The summed E-state index contributed by atoms with van der Waals surface area (Å²) in [5.74, 6) is 4.16. The molecule has 0 aromatic heterocycles. The van der Waals surface area contributed by atoms with Gasteiger partial charge in [0.15, 0.2) is 5.79 Å². The second kappa shape index (κ2) is 11.9. The van der Waals surface area contributed by atoms with Crippen molar-refractivity contribution in [1.29, 1.82) is 0 Å². The Balaban J connectivity index is 0.870. The van der Waals surface area contributed by atoms with Crippen LogP contribution in [-0.4, -0.2) is 74.5 Å². The van der Waals surface area contributed by atoms with Gasteiger partial charge in [0.05, 0.1) is 17.6 Å². The van der Waals surface area contributed by atoms with E-state index in [1.807, 2.05) is 19.1 Å². The summed E-state index contributed by atoms with van der Waals surface area (Å²) < 4.78 is 47.5. The summed E-state index contributed by atoms with van der Waals surface area (Å²) in [6.07, 6.45) is 11.6. The summed E-state index contributed by atoms with van der Waals surface area (Å²) >= 11 is 0. The Hall–Kier alpha value is -1.68. The first-order chi connectivity index (χ1) is 22.8. The third-order valence-corrected chi connectivity index (χ3v) is 17.2. The zero-order chi connectivity index (χ0) is 33.6. The zero-order valence-electron chi connectivity index (χ0n) is 29.9. The number of rotatable bonds is 3. The number of piperazine rings is 1. The monoisotopic (exact) mass is 682 g/mol. The van der Waals surface area contributed by atoms with Gasteiger partial charge in [-0.15, -0.1) is 0 Å². The van der Waals surface area contributed by atoms with E-state index < -0.39 is 10.0 Å². The van der Waals surface area contributed by atoms with Gasteiger partial charge in [0.1, 0.15) is 6.10 Å². The van der Waals surface area contributed by atoms with Crippen LogP contribution < -0.4 is 0 Å². The van der Waals surface area contributed by atoms with Gasteiger partial charge in [-0.2, -0.15) is 4.31 Å². The smallest absolute Gasteiger partial charge is 0.410 e. The zero-order valence-corrected chi connectivity index (χ0v) is 30.7. The molecule has 0 N–H and O–H groups in total. The maximum Gasteiger partial charge on any atom is 0.410 e.